The van der Waals surface area contributed by atoms with Crippen molar-refractivity contribution in [2.45, 2.75) is 90.3 Å². The molecule has 1 saturated carbocycles. The average Bonchev–Trinajstić information content (AvgIpc) is 2.88. The largest absolute Gasteiger partial charge is 0.543 e. The van der Waals surface area contributed by atoms with Gasteiger partial charge in [-0.2, -0.15) is 0 Å². The summed E-state index contributed by atoms with van der Waals surface area (Å²) in [6.07, 6.45) is 10.4. The maximum atomic E-state index is 6.75. The Hall–Kier alpha value is -2.46. The van der Waals surface area contributed by atoms with E-state index in [2.05, 4.69) is 58.1 Å². The number of allylic oxidation sites excluding steroid dienone is 3. The molecule has 3 aliphatic rings. The van der Waals surface area contributed by atoms with Gasteiger partial charge in [0.05, 0.1) is 0 Å². The smallest absolute Gasteiger partial charge is 0.250 e. The van der Waals surface area contributed by atoms with Crippen LogP contribution in [0.5, 0.6) is 11.5 Å². The van der Waals surface area contributed by atoms with Crippen LogP contribution in [0.3, 0.4) is 0 Å². The summed E-state index contributed by atoms with van der Waals surface area (Å²) in [5, 5.41) is 0.153. The fourth-order valence-electron chi connectivity index (χ4n) is 6.33. The van der Waals surface area contributed by atoms with Crippen molar-refractivity contribution in [3.05, 3.63) is 76.9 Å². The Balaban J connectivity index is 1.47. The summed E-state index contributed by atoms with van der Waals surface area (Å²) in [6, 6.07) is 18.8. The van der Waals surface area contributed by atoms with E-state index in [4.69, 9.17) is 13.9 Å². The normalized spacial score (nSPS) is 23.0. The molecule has 38 heavy (non-hydrogen) atoms. The second kappa shape index (κ2) is 11.3. The lowest BCUT2D eigenvalue weighted by molar-refractivity contribution is 0.188. The SMILES string of the molecule is CC(C)(C)[Si](C)(C)Oc1cccc(/C(OCCOc2ccccc2)=C2/C3CCCC2C2=C(CCCC2)C3)c1. The van der Waals surface area contributed by atoms with Gasteiger partial charge in [-0.05, 0) is 98.8 Å². The van der Waals surface area contributed by atoms with E-state index >= 15 is 0 Å². The Kier molecular flexibility index (Phi) is 8.09. The molecule has 2 atom stereocenters. The molecule has 1 fully saturated rings. The molecular weight excluding hydrogens is 484 g/mol. The minimum Gasteiger partial charge on any atom is -0.543 e. The molecule has 0 amide bonds. The van der Waals surface area contributed by atoms with Crippen LogP contribution in [0.25, 0.3) is 5.76 Å². The van der Waals surface area contributed by atoms with Crippen molar-refractivity contribution in [2.24, 2.45) is 11.8 Å². The molecular formula is C34H46O3Si. The summed E-state index contributed by atoms with van der Waals surface area (Å²) < 4.78 is 19.5. The van der Waals surface area contributed by atoms with Crippen LogP contribution in [0.4, 0.5) is 0 Å². The second-order valence-corrected chi connectivity index (χ2v) is 17.6. The molecule has 0 spiro atoms. The second-order valence-electron chi connectivity index (χ2n) is 12.9. The minimum atomic E-state index is -1.94. The van der Waals surface area contributed by atoms with E-state index in [-0.39, 0.29) is 5.04 Å². The van der Waals surface area contributed by atoms with Gasteiger partial charge in [0.15, 0.2) is 0 Å². The van der Waals surface area contributed by atoms with Crippen molar-refractivity contribution in [1.82, 2.24) is 0 Å². The van der Waals surface area contributed by atoms with Gasteiger partial charge >= 0.3 is 0 Å². The fourth-order valence-corrected chi connectivity index (χ4v) is 7.35. The van der Waals surface area contributed by atoms with E-state index < -0.39 is 8.32 Å². The van der Waals surface area contributed by atoms with Gasteiger partial charge in [-0.1, -0.05) is 68.7 Å². The Labute approximate surface area is 231 Å². The van der Waals surface area contributed by atoms with Crippen molar-refractivity contribution in [3.8, 4) is 11.5 Å². The first kappa shape index (κ1) is 27.1. The Morgan fingerprint density at radius 2 is 1.63 bits per heavy atom. The molecule has 5 rings (SSSR count). The zero-order valence-electron chi connectivity index (χ0n) is 24.1. The Morgan fingerprint density at radius 1 is 0.868 bits per heavy atom. The minimum absolute atomic E-state index is 0.153. The van der Waals surface area contributed by atoms with Crippen LogP contribution < -0.4 is 9.16 Å². The van der Waals surface area contributed by atoms with E-state index in [1.807, 2.05) is 30.3 Å². The lowest BCUT2D eigenvalue weighted by Gasteiger charge is -2.43. The van der Waals surface area contributed by atoms with Gasteiger partial charge in [0.1, 0.15) is 30.5 Å². The third-order valence-electron chi connectivity index (χ3n) is 9.28. The number of benzene rings is 2. The molecule has 2 aromatic rings. The van der Waals surface area contributed by atoms with Crippen LogP contribution in [-0.4, -0.2) is 21.5 Å². The first-order valence-corrected chi connectivity index (χ1v) is 17.7. The summed E-state index contributed by atoms with van der Waals surface area (Å²) in [4.78, 5) is 0. The number of fused-ring (bicyclic) bond motifs is 3. The van der Waals surface area contributed by atoms with Crippen LogP contribution >= 0.6 is 0 Å². The first-order valence-electron chi connectivity index (χ1n) is 14.8. The van der Waals surface area contributed by atoms with Crippen LogP contribution in [0.1, 0.15) is 77.7 Å². The third-order valence-corrected chi connectivity index (χ3v) is 13.6. The number of hydrogen-bond donors (Lipinski definition) is 0. The van der Waals surface area contributed by atoms with Gasteiger partial charge in [0.2, 0.25) is 8.32 Å². The van der Waals surface area contributed by atoms with Crippen LogP contribution in [0.2, 0.25) is 18.1 Å². The van der Waals surface area contributed by atoms with Gasteiger partial charge in [-0.15, -0.1) is 0 Å². The molecule has 0 saturated heterocycles. The molecule has 4 heteroatoms. The molecule has 204 valence electrons. The fraction of sp³-hybridized carbons (Fsp3) is 0.529. The first-order chi connectivity index (χ1) is 18.2. The highest BCUT2D eigenvalue weighted by Gasteiger charge is 2.41. The summed E-state index contributed by atoms with van der Waals surface area (Å²) in [6.45, 7) is 12.6. The van der Waals surface area contributed by atoms with Crippen LogP contribution in [0, 0.1) is 11.8 Å². The predicted octanol–water partition coefficient (Wildman–Crippen LogP) is 9.57. The number of rotatable bonds is 8. The van der Waals surface area contributed by atoms with E-state index in [0.29, 0.717) is 25.0 Å². The highest BCUT2D eigenvalue weighted by Crippen LogP contribution is 2.53. The third kappa shape index (κ3) is 5.91. The highest BCUT2D eigenvalue weighted by atomic mass is 28.4. The van der Waals surface area contributed by atoms with E-state index in [0.717, 1.165) is 22.8 Å². The molecule has 0 aliphatic heterocycles. The van der Waals surface area contributed by atoms with Crippen molar-refractivity contribution < 1.29 is 13.9 Å². The van der Waals surface area contributed by atoms with Crippen LogP contribution in [-0.2, 0) is 4.74 Å². The lowest BCUT2D eigenvalue weighted by Crippen LogP contribution is -2.43. The molecule has 2 bridgehead atoms. The van der Waals surface area contributed by atoms with Gasteiger partial charge in [-0.25, -0.2) is 0 Å². The van der Waals surface area contributed by atoms with Crippen molar-refractivity contribution in [3.63, 3.8) is 0 Å². The molecule has 3 aliphatic carbocycles. The molecule has 0 N–H and O–H groups in total. The zero-order chi connectivity index (χ0) is 26.8. The topological polar surface area (TPSA) is 27.7 Å². The summed E-state index contributed by atoms with van der Waals surface area (Å²) >= 11 is 0. The quantitative estimate of drug-likeness (QED) is 0.147. The number of ether oxygens (including phenoxy) is 2. The van der Waals surface area contributed by atoms with Crippen molar-refractivity contribution in [1.29, 1.82) is 0 Å². The van der Waals surface area contributed by atoms with Crippen molar-refractivity contribution >= 4 is 14.1 Å². The van der Waals surface area contributed by atoms with Gasteiger partial charge < -0.3 is 13.9 Å². The molecule has 0 aromatic heterocycles. The Bertz CT molecular complexity index is 1170. The predicted molar refractivity (Wildman–Crippen MR) is 160 cm³/mol. The molecule has 0 radical (unpaired) electrons. The standard InChI is InChI=1S/C34H46O3Si/c1-34(2,3)38(4,5)37-29-18-11-15-27(24-29)33(36-22-21-35-28-16-7-6-8-17-28)32-26-14-12-20-31(32)30-19-10-9-13-25(30)23-26/h6-8,11,15-18,24,26,31H,9-10,12-14,19-23H2,1-5H3/b33-32+. The van der Waals surface area contributed by atoms with E-state index in [9.17, 15) is 0 Å². The monoisotopic (exact) mass is 530 g/mol. The Morgan fingerprint density at radius 3 is 2.42 bits per heavy atom. The summed E-state index contributed by atoms with van der Waals surface area (Å²) in [5.74, 6) is 4.10. The summed E-state index contributed by atoms with van der Waals surface area (Å²) in [5.41, 5.74) is 6.24. The molecule has 2 aromatic carbocycles. The zero-order valence-corrected chi connectivity index (χ0v) is 25.1. The lowest BCUT2D eigenvalue weighted by atomic mass is 9.62. The van der Waals surface area contributed by atoms with Crippen molar-refractivity contribution in [2.75, 3.05) is 13.2 Å². The highest BCUT2D eigenvalue weighted by molar-refractivity contribution is 6.74. The van der Waals surface area contributed by atoms with Gasteiger partial charge in [-0.3, -0.25) is 0 Å². The average molecular weight is 531 g/mol. The maximum absolute atomic E-state index is 6.75. The maximum Gasteiger partial charge on any atom is 0.250 e. The number of para-hydroxylation sites is 1. The van der Waals surface area contributed by atoms with Gasteiger partial charge in [0.25, 0.3) is 0 Å². The van der Waals surface area contributed by atoms with Crippen LogP contribution in [0.15, 0.2) is 71.3 Å². The molecule has 2 unspecified atom stereocenters. The number of hydrogen-bond acceptors (Lipinski definition) is 3. The molecule has 0 heterocycles. The van der Waals surface area contributed by atoms with E-state index in [1.165, 1.54) is 51.4 Å². The van der Waals surface area contributed by atoms with E-state index in [1.54, 1.807) is 16.7 Å². The van der Waals surface area contributed by atoms with Gasteiger partial charge in [0, 0.05) is 11.5 Å². The molecule has 3 nitrogen and oxygen atoms in total. The summed E-state index contributed by atoms with van der Waals surface area (Å²) in [7, 11) is -1.94.